The number of nitrogens with zero attached hydrogens (tertiary/aromatic N) is 2. The quantitative estimate of drug-likeness (QED) is 0.916. The molecule has 2 aliphatic rings. The molecular formula is C17H27N3O. The summed E-state index contributed by atoms with van der Waals surface area (Å²) in [6.45, 7) is 12.9. The van der Waals surface area contributed by atoms with Gasteiger partial charge >= 0.3 is 0 Å². The van der Waals surface area contributed by atoms with E-state index < -0.39 is 0 Å². The molecule has 2 heterocycles. The lowest BCUT2D eigenvalue weighted by Gasteiger charge is -2.41. The van der Waals surface area contributed by atoms with Crippen molar-refractivity contribution in [3.05, 3.63) is 29.3 Å². The zero-order chi connectivity index (χ0) is 14.7. The average Bonchev–Trinajstić information content (AvgIpc) is 2.54. The fourth-order valence-corrected chi connectivity index (χ4v) is 3.49. The molecule has 3 rings (SSSR count). The Kier molecular flexibility index (Phi) is 4.78. The van der Waals surface area contributed by atoms with Crippen LogP contribution < -0.4 is 10.1 Å². The predicted molar refractivity (Wildman–Crippen MR) is 85.7 cm³/mol. The van der Waals surface area contributed by atoms with Gasteiger partial charge in [0.1, 0.15) is 5.75 Å². The second kappa shape index (κ2) is 6.77. The number of rotatable bonds is 4. The van der Waals surface area contributed by atoms with E-state index in [1.807, 2.05) is 6.92 Å². The molecule has 1 aromatic rings. The second-order valence-corrected chi connectivity index (χ2v) is 5.91. The van der Waals surface area contributed by atoms with Gasteiger partial charge in [-0.2, -0.15) is 0 Å². The van der Waals surface area contributed by atoms with Crippen LogP contribution in [0.2, 0.25) is 0 Å². The monoisotopic (exact) mass is 289 g/mol. The standard InChI is InChI=1S/C17H27N3O/c1-3-19-7-9-20(10-8-19)17-13-18-12-14-11-15(21-4-2)5-6-16(14)17/h5-6,11,17-18H,3-4,7-10,12-13H2,1-2H3/t17-/m0/s1. The van der Waals surface area contributed by atoms with Crippen molar-refractivity contribution in [1.29, 1.82) is 0 Å². The summed E-state index contributed by atoms with van der Waals surface area (Å²) in [5.41, 5.74) is 2.89. The molecule has 1 atom stereocenters. The van der Waals surface area contributed by atoms with E-state index in [0.29, 0.717) is 6.04 Å². The first-order chi connectivity index (χ1) is 10.3. The lowest BCUT2D eigenvalue weighted by molar-refractivity contribution is 0.0949. The Labute approximate surface area is 128 Å². The zero-order valence-electron chi connectivity index (χ0n) is 13.3. The van der Waals surface area contributed by atoms with Crippen molar-refractivity contribution >= 4 is 0 Å². The lowest BCUT2D eigenvalue weighted by atomic mass is 9.94. The molecule has 1 fully saturated rings. The topological polar surface area (TPSA) is 27.7 Å². The van der Waals surface area contributed by atoms with Crippen LogP contribution in [0, 0.1) is 0 Å². The van der Waals surface area contributed by atoms with E-state index in [0.717, 1.165) is 25.4 Å². The minimum absolute atomic E-state index is 0.517. The first kappa shape index (κ1) is 14.8. The minimum Gasteiger partial charge on any atom is -0.494 e. The molecule has 116 valence electrons. The molecule has 4 nitrogen and oxygen atoms in total. The Morgan fingerprint density at radius 1 is 1.19 bits per heavy atom. The highest BCUT2D eigenvalue weighted by Gasteiger charge is 2.28. The van der Waals surface area contributed by atoms with Gasteiger partial charge in [-0.3, -0.25) is 4.90 Å². The van der Waals surface area contributed by atoms with E-state index in [9.17, 15) is 0 Å². The Hall–Kier alpha value is -1.10. The Bertz CT molecular complexity index is 469. The van der Waals surface area contributed by atoms with Gasteiger partial charge in [-0.1, -0.05) is 13.0 Å². The van der Waals surface area contributed by atoms with E-state index in [-0.39, 0.29) is 0 Å². The van der Waals surface area contributed by atoms with Crippen LogP contribution in [0.25, 0.3) is 0 Å². The molecule has 2 aliphatic heterocycles. The summed E-state index contributed by atoms with van der Waals surface area (Å²) in [4.78, 5) is 5.17. The van der Waals surface area contributed by atoms with Crippen LogP contribution in [-0.2, 0) is 6.54 Å². The molecule has 0 unspecified atom stereocenters. The summed E-state index contributed by atoms with van der Waals surface area (Å²) < 4.78 is 5.63. The van der Waals surface area contributed by atoms with Crippen molar-refractivity contribution in [3.63, 3.8) is 0 Å². The fraction of sp³-hybridized carbons (Fsp3) is 0.647. The van der Waals surface area contributed by atoms with Crippen LogP contribution in [0.5, 0.6) is 5.75 Å². The first-order valence-electron chi connectivity index (χ1n) is 8.24. The highest BCUT2D eigenvalue weighted by Crippen LogP contribution is 2.30. The molecular weight excluding hydrogens is 262 g/mol. The maximum absolute atomic E-state index is 5.63. The van der Waals surface area contributed by atoms with Crippen molar-refractivity contribution in [2.24, 2.45) is 0 Å². The molecule has 0 amide bonds. The van der Waals surface area contributed by atoms with Gasteiger partial charge in [0.25, 0.3) is 0 Å². The van der Waals surface area contributed by atoms with E-state index in [1.165, 1.54) is 43.9 Å². The van der Waals surface area contributed by atoms with Crippen molar-refractivity contribution in [2.45, 2.75) is 26.4 Å². The summed E-state index contributed by atoms with van der Waals surface area (Å²) in [5, 5.41) is 3.57. The van der Waals surface area contributed by atoms with Gasteiger partial charge in [0.15, 0.2) is 0 Å². The van der Waals surface area contributed by atoms with E-state index >= 15 is 0 Å². The van der Waals surface area contributed by atoms with E-state index in [4.69, 9.17) is 4.74 Å². The SMILES string of the molecule is CCOc1ccc2c(c1)CNC[C@@H]2N1CCN(CC)CC1. The zero-order valence-corrected chi connectivity index (χ0v) is 13.3. The lowest BCUT2D eigenvalue weighted by Crippen LogP contribution is -2.50. The van der Waals surface area contributed by atoms with Crippen LogP contribution >= 0.6 is 0 Å². The highest BCUT2D eigenvalue weighted by atomic mass is 16.5. The summed E-state index contributed by atoms with van der Waals surface area (Å²) in [6, 6.07) is 7.13. The number of hydrogen-bond acceptors (Lipinski definition) is 4. The summed E-state index contributed by atoms with van der Waals surface area (Å²) in [5.74, 6) is 0.995. The van der Waals surface area contributed by atoms with Crippen molar-refractivity contribution in [1.82, 2.24) is 15.1 Å². The van der Waals surface area contributed by atoms with Crippen LogP contribution in [0.15, 0.2) is 18.2 Å². The highest BCUT2D eigenvalue weighted by molar-refractivity contribution is 5.39. The van der Waals surface area contributed by atoms with Gasteiger partial charge < -0.3 is 15.0 Å². The normalized spacial score (nSPS) is 23.8. The maximum atomic E-state index is 5.63. The van der Waals surface area contributed by atoms with Crippen molar-refractivity contribution < 1.29 is 4.74 Å². The number of benzene rings is 1. The Balaban J connectivity index is 1.74. The average molecular weight is 289 g/mol. The van der Waals surface area contributed by atoms with Crippen LogP contribution in [0.4, 0.5) is 0 Å². The van der Waals surface area contributed by atoms with Gasteiger partial charge in [0.05, 0.1) is 6.61 Å². The summed E-state index contributed by atoms with van der Waals surface area (Å²) in [7, 11) is 0. The molecule has 0 saturated carbocycles. The fourth-order valence-electron chi connectivity index (χ4n) is 3.49. The Morgan fingerprint density at radius 2 is 2.00 bits per heavy atom. The van der Waals surface area contributed by atoms with Crippen LogP contribution in [0.1, 0.15) is 31.0 Å². The smallest absolute Gasteiger partial charge is 0.119 e. The molecule has 0 bridgehead atoms. The summed E-state index contributed by atoms with van der Waals surface area (Å²) in [6.07, 6.45) is 0. The molecule has 0 radical (unpaired) electrons. The third-order valence-corrected chi connectivity index (χ3v) is 4.73. The van der Waals surface area contributed by atoms with Gasteiger partial charge in [0.2, 0.25) is 0 Å². The molecule has 0 aromatic heterocycles. The van der Waals surface area contributed by atoms with Gasteiger partial charge in [-0.25, -0.2) is 0 Å². The number of piperazine rings is 1. The molecule has 1 saturated heterocycles. The predicted octanol–water partition coefficient (Wildman–Crippen LogP) is 1.87. The number of nitrogens with one attached hydrogen (secondary N) is 1. The van der Waals surface area contributed by atoms with Crippen molar-refractivity contribution in [2.75, 3.05) is 45.9 Å². The van der Waals surface area contributed by atoms with Crippen LogP contribution in [0.3, 0.4) is 0 Å². The molecule has 21 heavy (non-hydrogen) atoms. The first-order valence-corrected chi connectivity index (χ1v) is 8.24. The molecule has 0 spiro atoms. The van der Waals surface area contributed by atoms with Gasteiger partial charge in [-0.05, 0) is 36.7 Å². The molecule has 1 aromatic carbocycles. The largest absolute Gasteiger partial charge is 0.494 e. The number of fused-ring (bicyclic) bond motifs is 1. The third-order valence-electron chi connectivity index (χ3n) is 4.73. The second-order valence-electron chi connectivity index (χ2n) is 5.91. The summed E-state index contributed by atoms with van der Waals surface area (Å²) >= 11 is 0. The number of hydrogen-bond donors (Lipinski definition) is 1. The van der Waals surface area contributed by atoms with E-state index in [1.54, 1.807) is 0 Å². The van der Waals surface area contributed by atoms with Gasteiger partial charge in [-0.15, -0.1) is 0 Å². The van der Waals surface area contributed by atoms with E-state index in [2.05, 4.69) is 40.2 Å². The molecule has 0 aliphatic carbocycles. The van der Waals surface area contributed by atoms with Gasteiger partial charge in [0, 0.05) is 45.3 Å². The van der Waals surface area contributed by atoms with Crippen molar-refractivity contribution in [3.8, 4) is 5.75 Å². The molecule has 1 N–H and O–H groups in total. The maximum Gasteiger partial charge on any atom is 0.119 e. The van der Waals surface area contributed by atoms with Crippen LogP contribution in [-0.4, -0.2) is 55.7 Å². The number of ether oxygens (including phenoxy) is 1. The Morgan fingerprint density at radius 3 is 2.71 bits per heavy atom. The molecule has 4 heteroatoms. The minimum atomic E-state index is 0.517. The third kappa shape index (κ3) is 3.23. The number of likely N-dealkylation sites (N-methyl/N-ethyl adjacent to an activating group) is 1.